The second kappa shape index (κ2) is 5.09. The van der Waals surface area contributed by atoms with Gasteiger partial charge in [0.25, 0.3) is 0 Å². The average Bonchev–Trinajstić information content (AvgIpc) is 2.69. The summed E-state index contributed by atoms with van der Waals surface area (Å²) in [7, 11) is -3.86. The fraction of sp³-hybridized carbons (Fsp3) is 0.538. The number of anilines is 1. The van der Waals surface area contributed by atoms with E-state index in [4.69, 9.17) is 5.73 Å². The fourth-order valence-corrected chi connectivity index (χ4v) is 4.11. The number of halogens is 1. The zero-order valence-electron chi connectivity index (χ0n) is 11.1. The van der Waals surface area contributed by atoms with Gasteiger partial charge in [0.2, 0.25) is 10.0 Å². The average molecular weight is 286 g/mol. The van der Waals surface area contributed by atoms with Gasteiger partial charge < -0.3 is 5.73 Å². The molecule has 1 aliphatic carbocycles. The van der Waals surface area contributed by atoms with Crippen LogP contribution in [0.2, 0.25) is 0 Å². The van der Waals surface area contributed by atoms with E-state index in [2.05, 4.69) is 4.72 Å². The maximum Gasteiger partial charge on any atom is 0.243 e. The predicted octanol–water partition coefficient (Wildman–Crippen LogP) is 2.18. The second-order valence-corrected chi connectivity index (χ2v) is 6.97. The van der Waals surface area contributed by atoms with E-state index in [0.717, 1.165) is 19.3 Å². The highest BCUT2D eigenvalue weighted by Crippen LogP contribution is 2.28. The quantitative estimate of drug-likeness (QED) is 0.837. The Bertz CT molecular complexity index is 587. The second-order valence-electron chi connectivity index (χ2n) is 5.29. The predicted molar refractivity (Wildman–Crippen MR) is 72.7 cm³/mol. The Kier molecular flexibility index (Phi) is 3.82. The van der Waals surface area contributed by atoms with Crippen LogP contribution in [0.1, 0.15) is 31.7 Å². The molecule has 1 aromatic rings. The first-order valence-electron chi connectivity index (χ1n) is 6.39. The molecule has 0 amide bonds. The van der Waals surface area contributed by atoms with Crippen molar-refractivity contribution in [1.29, 1.82) is 0 Å². The molecule has 2 unspecified atom stereocenters. The first-order valence-corrected chi connectivity index (χ1v) is 7.87. The molecule has 6 heteroatoms. The van der Waals surface area contributed by atoms with Gasteiger partial charge in [0, 0.05) is 11.7 Å². The summed E-state index contributed by atoms with van der Waals surface area (Å²) in [4.78, 5) is -0.357. The number of hydrogen-bond acceptors (Lipinski definition) is 3. The summed E-state index contributed by atoms with van der Waals surface area (Å²) in [5.74, 6) is -0.452. The van der Waals surface area contributed by atoms with Crippen molar-refractivity contribution in [3.05, 3.63) is 23.5 Å². The van der Waals surface area contributed by atoms with Crippen molar-refractivity contribution in [2.24, 2.45) is 5.92 Å². The molecular formula is C13H19FN2O2S. The summed E-state index contributed by atoms with van der Waals surface area (Å²) < 4.78 is 41.1. The van der Waals surface area contributed by atoms with Gasteiger partial charge >= 0.3 is 0 Å². The van der Waals surface area contributed by atoms with Gasteiger partial charge in [0.1, 0.15) is 10.7 Å². The SMILES string of the molecule is Cc1cc(N)cc(S(=O)(=O)NC2CCCC2C)c1F. The van der Waals surface area contributed by atoms with Crippen molar-refractivity contribution in [2.75, 3.05) is 5.73 Å². The third-order valence-corrected chi connectivity index (χ3v) is 5.19. The number of benzene rings is 1. The van der Waals surface area contributed by atoms with Gasteiger partial charge in [-0.2, -0.15) is 0 Å². The minimum atomic E-state index is -3.86. The molecule has 0 bridgehead atoms. The third-order valence-electron chi connectivity index (χ3n) is 3.70. The number of sulfonamides is 1. The maximum absolute atomic E-state index is 14.0. The summed E-state index contributed by atoms with van der Waals surface area (Å²) >= 11 is 0. The largest absolute Gasteiger partial charge is 0.399 e. The van der Waals surface area contributed by atoms with Gasteiger partial charge in [0.05, 0.1) is 0 Å². The molecule has 1 fully saturated rings. The molecule has 1 aliphatic rings. The highest BCUT2D eigenvalue weighted by atomic mass is 32.2. The minimum Gasteiger partial charge on any atom is -0.399 e. The van der Waals surface area contributed by atoms with Crippen LogP contribution in [0.4, 0.5) is 10.1 Å². The molecule has 19 heavy (non-hydrogen) atoms. The van der Waals surface area contributed by atoms with Crippen molar-refractivity contribution in [2.45, 2.75) is 44.0 Å². The Morgan fingerprint density at radius 2 is 2.05 bits per heavy atom. The number of nitrogens with one attached hydrogen (secondary N) is 1. The van der Waals surface area contributed by atoms with Gasteiger partial charge in [-0.05, 0) is 43.4 Å². The zero-order chi connectivity index (χ0) is 14.2. The van der Waals surface area contributed by atoms with Crippen LogP contribution in [0.25, 0.3) is 0 Å². The van der Waals surface area contributed by atoms with Crippen molar-refractivity contribution in [3.8, 4) is 0 Å². The molecule has 0 heterocycles. The lowest BCUT2D eigenvalue weighted by Gasteiger charge is -2.18. The lowest BCUT2D eigenvalue weighted by atomic mass is 10.1. The van der Waals surface area contributed by atoms with Crippen molar-refractivity contribution < 1.29 is 12.8 Å². The van der Waals surface area contributed by atoms with E-state index >= 15 is 0 Å². The normalized spacial score (nSPS) is 23.7. The summed E-state index contributed by atoms with van der Waals surface area (Å²) in [6.07, 6.45) is 2.78. The number of nitrogens with two attached hydrogens (primary N) is 1. The summed E-state index contributed by atoms with van der Waals surface area (Å²) in [6.45, 7) is 3.50. The molecule has 3 N–H and O–H groups in total. The molecule has 0 radical (unpaired) electrons. The molecule has 106 valence electrons. The standard InChI is InChI=1S/C13H19FN2O2S/c1-8-4-3-5-11(8)16-19(17,18)12-7-10(15)6-9(2)13(12)14/h6-8,11,16H,3-5,15H2,1-2H3. The Morgan fingerprint density at radius 3 is 2.63 bits per heavy atom. The van der Waals surface area contributed by atoms with E-state index in [0.29, 0.717) is 0 Å². The van der Waals surface area contributed by atoms with E-state index in [1.165, 1.54) is 19.1 Å². The van der Waals surface area contributed by atoms with Gasteiger partial charge in [-0.1, -0.05) is 13.3 Å². The van der Waals surface area contributed by atoms with E-state index in [1.807, 2.05) is 6.92 Å². The van der Waals surface area contributed by atoms with Gasteiger partial charge in [-0.3, -0.25) is 0 Å². The van der Waals surface area contributed by atoms with Crippen molar-refractivity contribution >= 4 is 15.7 Å². The van der Waals surface area contributed by atoms with Crippen LogP contribution in [0.5, 0.6) is 0 Å². The summed E-state index contributed by atoms with van der Waals surface area (Å²) in [5.41, 5.74) is 6.09. The van der Waals surface area contributed by atoms with Crippen LogP contribution in [0.3, 0.4) is 0 Å². The highest BCUT2D eigenvalue weighted by Gasteiger charge is 2.30. The minimum absolute atomic E-state index is 0.119. The lowest BCUT2D eigenvalue weighted by Crippen LogP contribution is -2.36. The van der Waals surface area contributed by atoms with Crippen molar-refractivity contribution in [3.63, 3.8) is 0 Å². The van der Waals surface area contributed by atoms with Gasteiger partial charge in [-0.25, -0.2) is 17.5 Å². The number of rotatable bonds is 3. The molecule has 0 aromatic heterocycles. The molecular weight excluding hydrogens is 267 g/mol. The molecule has 1 aromatic carbocycles. The fourth-order valence-electron chi connectivity index (χ4n) is 2.54. The molecule has 2 atom stereocenters. The molecule has 0 spiro atoms. The Labute approximate surface area is 113 Å². The number of aryl methyl sites for hydroxylation is 1. The van der Waals surface area contributed by atoms with Crippen LogP contribution >= 0.6 is 0 Å². The number of nitrogen functional groups attached to an aromatic ring is 1. The van der Waals surface area contributed by atoms with Crippen LogP contribution in [-0.2, 0) is 10.0 Å². The molecule has 1 saturated carbocycles. The maximum atomic E-state index is 14.0. The van der Waals surface area contributed by atoms with E-state index in [-0.39, 0.29) is 28.1 Å². The van der Waals surface area contributed by atoms with Gasteiger partial charge in [0.15, 0.2) is 0 Å². The smallest absolute Gasteiger partial charge is 0.243 e. The van der Waals surface area contributed by atoms with Crippen LogP contribution in [0, 0.1) is 18.7 Å². The van der Waals surface area contributed by atoms with Gasteiger partial charge in [-0.15, -0.1) is 0 Å². The van der Waals surface area contributed by atoms with Crippen LogP contribution in [0.15, 0.2) is 17.0 Å². The van der Waals surface area contributed by atoms with Crippen molar-refractivity contribution in [1.82, 2.24) is 4.72 Å². The van der Waals surface area contributed by atoms with E-state index in [9.17, 15) is 12.8 Å². The summed E-state index contributed by atoms with van der Waals surface area (Å²) in [5, 5.41) is 0. The van der Waals surface area contributed by atoms with Crippen LogP contribution in [-0.4, -0.2) is 14.5 Å². The van der Waals surface area contributed by atoms with E-state index < -0.39 is 15.8 Å². The van der Waals surface area contributed by atoms with Crippen LogP contribution < -0.4 is 10.5 Å². The Hall–Kier alpha value is -1.14. The molecule has 2 rings (SSSR count). The Balaban J connectivity index is 2.34. The molecule has 4 nitrogen and oxygen atoms in total. The third kappa shape index (κ3) is 2.90. The highest BCUT2D eigenvalue weighted by molar-refractivity contribution is 7.89. The summed E-state index contributed by atoms with van der Waals surface area (Å²) in [6, 6.07) is 2.47. The van der Waals surface area contributed by atoms with E-state index in [1.54, 1.807) is 0 Å². The number of hydrogen-bond donors (Lipinski definition) is 2. The topological polar surface area (TPSA) is 72.2 Å². The molecule has 0 aliphatic heterocycles. The lowest BCUT2D eigenvalue weighted by molar-refractivity contribution is 0.473. The molecule has 0 saturated heterocycles. The first kappa shape index (κ1) is 14.3. The zero-order valence-corrected chi connectivity index (χ0v) is 11.9. The monoisotopic (exact) mass is 286 g/mol. The Morgan fingerprint density at radius 1 is 1.37 bits per heavy atom. The first-order chi connectivity index (χ1) is 8.81.